The Balaban J connectivity index is 1.73. The van der Waals surface area contributed by atoms with E-state index in [1.165, 1.54) is 0 Å². The molecule has 0 saturated carbocycles. The second-order valence-electron chi connectivity index (χ2n) is 7.79. The molecule has 9 N–H and O–H groups in total. The van der Waals surface area contributed by atoms with E-state index in [2.05, 4.69) is 20.4 Å². The van der Waals surface area contributed by atoms with E-state index in [-0.39, 0.29) is 23.4 Å². The lowest BCUT2D eigenvalue weighted by atomic mass is 10.1. The lowest BCUT2D eigenvalue weighted by Crippen LogP contribution is -2.46. The lowest BCUT2D eigenvalue weighted by molar-refractivity contribution is -0.119. The van der Waals surface area contributed by atoms with Crippen LogP contribution in [-0.4, -0.2) is 77.8 Å². The molecule has 0 spiro atoms. The summed E-state index contributed by atoms with van der Waals surface area (Å²) in [6, 6.07) is 7.71. The average molecular weight is 473 g/mol. The number of nitrogens with one attached hydrogen (secondary N) is 2. The lowest BCUT2D eigenvalue weighted by Gasteiger charge is -2.16. The number of H-pyrrole nitrogens is 1. The Morgan fingerprint density at radius 2 is 1.94 bits per heavy atom. The van der Waals surface area contributed by atoms with Crippen LogP contribution in [-0.2, 0) is 16.0 Å². The summed E-state index contributed by atoms with van der Waals surface area (Å²) in [5, 5.41) is 36.1. The Hall–Kier alpha value is -3.85. The molecule has 14 nitrogen and oxygen atoms in total. The summed E-state index contributed by atoms with van der Waals surface area (Å²) in [5.41, 5.74) is 10.4. The van der Waals surface area contributed by atoms with Crippen LogP contribution in [0.2, 0.25) is 0 Å². The fourth-order valence-corrected chi connectivity index (χ4v) is 3.78. The molecule has 3 heterocycles. The van der Waals surface area contributed by atoms with Crippen molar-refractivity contribution in [2.45, 2.75) is 37.0 Å². The van der Waals surface area contributed by atoms with Gasteiger partial charge in [0, 0.05) is 6.42 Å². The number of amides is 2. The van der Waals surface area contributed by atoms with Gasteiger partial charge in [-0.15, -0.1) is 0 Å². The molecule has 1 saturated heterocycles. The van der Waals surface area contributed by atoms with Crippen LogP contribution in [0.3, 0.4) is 0 Å². The molecule has 0 unspecified atom stereocenters. The molecule has 34 heavy (non-hydrogen) atoms. The molecule has 0 aliphatic carbocycles. The maximum atomic E-state index is 13.1. The Morgan fingerprint density at radius 1 is 1.24 bits per heavy atom. The number of aliphatic hydroxyl groups excluding tert-OH is 3. The van der Waals surface area contributed by atoms with Gasteiger partial charge in [0.2, 0.25) is 11.9 Å². The Bertz CT molecular complexity index is 1280. The number of benzene rings is 1. The van der Waals surface area contributed by atoms with Crippen molar-refractivity contribution in [3.05, 3.63) is 51.9 Å². The van der Waals surface area contributed by atoms with Crippen molar-refractivity contribution in [1.82, 2.24) is 25.1 Å². The Labute approximate surface area is 191 Å². The maximum absolute atomic E-state index is 13.1. The summed E-state index contributed by atoms with van der Waals surface area (Å²) in [7, 11) is 0. The van der Waals surface area contributed by atoms with Crippen LogP contribution >= 0.6 is 0 Å². The van der Waals surface area contributed by atoms with E-state index in [1.54, 1.807) is 30.3 Å². The van der Waals surface area contributed by atoms with Gasteiger partial charge in [-0.3, -0.25) is 19.4 Å². The van der Waals surface area contributed by atoms with Crippen LogP contribution in [0, 0.1) is 0 Å². The Kier molecular flexibility index (Phi) is 6.30. The Morgan fingerprint density at radius 3 is 2.56 bits per heavy atom. The summed E-state index contributed by atoms with van der Waals surface area (Å²) < 4.78 is 6.38. The monoisotopic (exact) mass is 473 g/mol. The van der Waals surface area contributed by atoms with E-state index in [9.17, 15) is 29.7 Å². The molecule has 2 amide bonds. The van der Waals surface area contributed by atoms with Crippen LogP contribution in [0.1, 0.15) is 22.3 Å². The second-order valence-corrected chi connectivity index (χ2v) is 7.79. The van der Waals surface area contributed by atoms with E-state index in [0.29, 0.717) is 0 Å². The van der Waals surface area contributed by atoms with Gasteiger partial charge in [0.05, 0.1) is 6.61 Å². The van der Waals surface area contributed by atoms with Crippen LogP contribution < -0.4 is 22.3 Å². The largest absolute Gasteiger partial charge is 0.394 e. The van der Waals surface area contributed by atoms with Gasteiger partial charge >= 0.3 is 0 Å². The minimum Gasteiger partial charge on any atom is -0.394 e. The number of anilines is 1. The topological polar surface area (TPSA) is 232 Å². The first-order valence-corrected chi connectivity index (χ1v) is 10.3. The summed E-state index contributed by atoms with van der Waals surface area (Å²) >= 11 is 0. The molecular formula is C20H23N7O7. The fourth-order valence-electron chi connectivity index (χ4n) is 3.78. The normalized spacial score (nSPS) is 23.1. The fraction of sp³-hybridized carbons (Fsp3) is 0.350. The maximum Gasteiger partial charge on any atom is 0.273 e. The number of nitrogens with two attached hydrogens (primary N) is 2. The van der Waals surface area contributed by atoms with E-state index < -0.39 is 60.3 Å². The highest BCUT2D eigenvalue weighted by molar-refractivity contribution is 6.05. The molecule has 0 radical (unpaired) electrons. The van der Waals surface area contributed by atoms with Crippen molar-refractivity contribution in [3.8, 4) is 0 Å². The van der Waals surface area contributed by atoms with Crippen LogP contribution in [0.4, 0.5) is 5.95 Å². The molecule has 180 valence electrons. The van der Waals surface area contributed by atoms with Gasteiger partial charge in [0.15, 0.2) is 17.6 Å². The van der Waals surface area contributed by atoms with Gasteiger partial charge < -0.3 is 36.8 Å². The van der Waals surface area contributed by atoms with Crippen molar-refractivity contribution in [2.75, 3.05) is 12.3 Å². The molecular weight excluding hydrogens is 450 g/mol. The third-order valence-corrected chi connectivity index (χ3v) is 5.48. The average Bonchev–Trinajstić information content (AvgIpc) is 3.31. The smallest absolute Gasteiger partial charge is 0.273 e. The van der Waals surface area contributed by atoms with E-state index >= 15 is 0 Å². The SMILES string of the molecule is NC(=O)[C@H](Cc1ccccc1)NC(=O)c1nn([C@@H]2O[C@H](CO)[C@@H](O)[C@H]2O)c2nc(N)[nH]c(=O)c12. The number of hydrogen-bond donors (Lipinski definition) is 7. The van der Waals surface area contributed by atoms with E-state index in [1.807, 2.05) is 0 Å². The van der Waals surface area contributed by atoms with E-state index in [4.69, 9.17) is 16.2 Å². The molecule has 3 aromatic rings. The van der Waals surface area contributed by atoms with Crippen LogP contribution in [0.25, 0.3) is 11.0 Å². The molecule has 1 aliphatic rings. The zero-order valence-electron chi connectivity index (χ0n) is 17.7. The zero-order valence-corrected chi connectivity index (χ0v) is 17.7. The van der Waals surface area contributed by atoms with Gasteiger partial charge in [0.1, 0.15) is 29.7 Å². The van der Waals surface area contributed by atoms with Crippen molar-refractivity contribution >= 4 is 28.8 Å². The van der Waals surface area contributed by atoms with Crippen LogP contribution in [0.15, 0.2) is 35.1 Å². The van der Waals surface area contributed by atoms with Gasteiger partial charge in [0.25, 0.3) is 11.5 Å². The highest BCUT2D eigenvalue weighted by Gasteiger charge is 2.45. The quantitative estimate of drug-likeness (QED) is 0.185. The van der Waals surface area contributed by atoms with Gasteiger partial charge in [-0.05, 0) is 5.56 Å². The predicted molar refractivity (Wildman–Crippen MR) is 116 cm³/mol. The number of nitrogens with zero attached hydrogens (tertiary/aromatic N) is 3. The van der Waals surface area contributed by atoms with Gasteiger partial charge in [-0.25, -0.2) is 4.68 Å². The number of aromatic amines is 1. The number of carbonyl (C=O) groups excluding carboxylic acids is 2. The highest BCUT2D eigenvalue weighted by atomic mass is 16.6. The number of aromatic nitrogens is 4. The molecule has 2 aromatic heterocycles. The number of primary amides is 1. The first-order valence-electron chi connectivity index (χ1n) is 10.3. The number of hydrogen-bond acceptors (Lipinski definition) is 10. The molecule has 1 fully saturated rings. The molecule has 14 heteroatoms. The van der Waals surface area contributed by atoms with Crippen molar-refractivity contribution in [2.24, 2.45) is 5.73 Å². The van der Waals surface area contributed by atoms with Crippen molar-refractivity contribution in [1.29, 1.82) is 0 Å². The van der Waals surface area contributed by atoms with Crippen LogP contribution in [0.5, 0.6) is 0 Å². The number of fused-ring (bicyclic) bond motifs is 1. The minimum atomic E-state index is -1.56. The zero-order chi connectivity index (χ0) is 24.6. The summed E-state index contributed by atoms with van der Waals surface area (Å²) in [6.07, 6.45) is -5.45. The summed E-state index contributed by atoms with van der Waals surface area (Å²) in [4.78, 5) is 44.0. The van der Waals surface area contributed by atoms with Gasteiger partial charge in [-0.1, -0.05) is 30.3 Å². The molecule has 1 aliphatic heterocycles. The van der Waals surface area contributed by atoms with Crippen molar-refractivity contribution in [3.63, 3.8) is 0 Å². The molecule has 1 aromatic carbocycles. The third kappa shape index (κ3) is 4.22. The molecule has 4 rings (SSSR count). The predicted octanol–water partition coefficient (Wildman–Crippen LogP) is -2.86. The van der Waals surface area contributed by atoms with E-state index in [0.717, 1.165) is 10.2 Å². The number of ether oxygens (including phenoxy) is 1. The highest BCUT2D eigenvalue weighted by Crippen LogP contribution is 2.31. The minimum absolute atomic E-state index is 0.0942. The second kappa shape index (κ2) is 9.18. The summed E-state index contributed by atoms with van der Waals surface area (Å²) in [6.45, 7) is -0.600. The number of carbonyl (C=O) groups is 2. The number of aliphatic hydroxyl groups is 3. The molecule has 0 bridgehead atoms. The first kappa shape index (κ1) is 23.3. The van der Waals surface area contributed by atoms with Crippen molar-refractivity contribution < 1.29 is 29.6 Å². The molecule has 5 atom stereocenters. The third-order valence-electron chi connectivity index (χ3n) is 5.48. The first-order chi connectivity index (χ1) is 16.2. The standard InChI is InChI=1S/C20H23N7O7/c21-15(31)9(6-8-4-2-1-3-5-8)23-18(33)12-11-16(24-20(22)25-17(11)32)27(26-12)19-14(30)13(29)10(7-28)34-19/h1-5,9-10,13-14,19,28-30H,6-7H2,(H2,21,31)(H,23,33)(H3,22,24,25,32)/t9-,10+,13+,14+,19+/m0/s1. The number of nitrogen functional groups attached to an aromatic ring is 1. The summed E-state index contributed by atoms with van der Waals surface area (Å²) in [5.74, 6) is -2.01. The van der Waals surface area contributed by atoms with Gasteiger partial charge in [-0.2, -0.15) is 10.1 Å². The number of rotatable bonds is 7.